The summed E-state index contributed by atoms with van der Waals surface area (Å²) in [5.74, 6) is 6.28. The van der Waals surface area contributed by atoms with Gasteiger partial charge in [-0.2, -0.15) is 0 Å². The van der Waals surface area contributed by atoms with E-state index in [1.165, 1.54) is 0 Å². The highest BCUT2D eigenvalue weighted by Gasteiger charge is 2.24. The van der Waals surface area contributed by atoms with E-state index >= 15 is 0 Å². The third-order valence-corrected chi connectivity index (χ3v) is 3.22. The molecule has 0 saturated heterocycles. The fraction of sp³-hybridized carbons (Fsp3) is 0.846. The van der Waals surface area contributed by atoms with Gasteiger partial charge in [0.2, 0.25) is 0 Å². The van der Waals surface area contributed by atoms with Gasteiger partial charge in [-0.25, -0.2) is 0 Å². The molecule has 0 spiro atoms. The van der Waals surface area contributed by atoms with Crippen LogP contribution >= 0.6 is 0 Å². The van der Waals surface area contributed by atoms with Gasteiger partial charge in [0.05, 0.1) is 0 Å². The summed E-state index contributed by atoms with van der Waals surface area (Å²) in [7, 11) is 0. The van der Waals surface area contributed by atoms with E-state index in [1.807, 2.05) is 0 Å². The third kappa shape index (κ3) is 4.67. The van der Waals surface area contributed by atoms with Crippen LogP contribution < -0.4 is 0 Å². The molecule has 0 saturated carbocycles. The molecule has 1 N–H and O–H groups in total. The Morgan fingerprint density at radius 2 is 1.64 bits per heavy atom. The molecule has 0 aliphatic heterocycles. The predicted octanol–water partition coefficient (Wildman–Crippen LogP) is 3.37. The van der Waals surface area contributed by atoms with Gasteiger partial charge >= 0.3 is 0 Å². The number of aliphatic hydroxyl groups excluding tert-OH is 1. The average Bonchev–Trinajstić information content (AvgIpc) is 2.23. The Labute approximate surface area is 88.9 Å². The lowest BCUT2D eigenvalue weighted by Gasteiger charge is -2.30. The van der Waals surface area contributed by atoms with Crippen LogP contribution in [0.4, 0.5) is 0 Å². The van der Waals surface area contributed by atoms with Crippen molar-refractivity contribution in [2.45, 2.75) is 59.3 Å². The van der Waals surface area contributed by atoms with Crippen LogP contribution in [-0.4, -0.2) is 11.7 Å². The summed E-state index contributed by atoms with van der Waals surface area (Å²) in [6, 6.07) is 0. The molecule has 0 fully saturated rings. The standard InChI is InChI=1S/C13H24O/c1-4-7-8-9-10-13(5-2,6-3)11-12-14/h14H,4-6,9-12H2,1-3H3. The highest BCUT2D eigenvalue weighted by atomic mass is 16.3. The SMILES string of the molecule is CCC#CCCC(CC)(CC)CCO. The molecule has 0 aromatic heterocycles. The summed E-state index contributed by atoms with van der Waals surface area (Å²) in [5, 5.41) is 9.03. The molecule has 0 amide bonds. The molecule has 14 heavy (non-hydrogen) atoms. The van der Waals surface area contributed by atoms with Crippen molar-refractivity contribution in [3.63, 3.8) is 0 Å². The van der Waals surface area contributed by atoms with E-state index in [-0.39, 0.29) is 0 Å². The molecule has 0 bridgehead atoms. The molecule has 0 aromatic rings. The Bertz CT molecular complexity index is 181. The zero-order valence-corrected chi connectivity index (χ0v) is 9.90. The highest BCUT2D eigenvalue weighted by Crippen LogP contribution is 2.35. The Hall–Kier alpha value is -0.480. The van der Waals surface area contributed by atoms with Crippen LogP contribution in [0.25, 0.3) is 0 Å². The fourth-order valence-corrected chi connectivity index (χ4v) is 1.86. The topological polar surface area (TPSA) is 20.2 Å². The molecule has 0 radical (unpaired) electrons. The van der Waals surface area contributed by atoms with E-state index in [2.05, 4.69) is 32.6 Å². The van der Waals surface area contributed by atoms with Gasteiger partial charge in [-0.1, -0.05) is 33.6 Å². The maximum Gasteiger partial charge on any atom is 0.0436 e. The quantitative estimate of drug-likeness (QED) is 0.646. The molecule has 0 aliphatic rings. The molecule has 0 rings (SSSR count). The van der Waals surface area contributed by atoms with Crippen LogP contribution in [0.3, 0.4) is 0 Å². The van der Waals surface area contributed by atoms with Gasteiger partial charge in [-0.05, 0) is 18.3 Å². The van der Waals surface area contributed by atoms with Crippen molar-refractivity contribution >= 4 is 0 Å². The van der Waals surface area contributed by atoms with Gasteiger partial charge in [-0.3, -0.25) is 0 Å². The van der Waals surface area contributed by atoms with Gasteiger partial charge in [0.1, 0.15) is 0 Å². The number of hydrogen-bond donors (Lipinski definition) is 1. The largest absolute Gasteiger partial charge is 0.396 e. The van der Waals surface area contributed by atoms with Crippen LogP contribution in [0.5, 0.6) is 0 Å². The van der Waals surface area contributed by atoms with E-state index in [4.69, 9.17) is 5.11 Å². The minimum atomic E-state index is 0.308. The maximum absolute atomic E-state index is 9.03. The minimum Gasteiger partial charge on any atom is -0.396 e. The smallest absolute Gasteiger partial charge is 0.0436 e. The zero-order valence-electron chi connectivity index (χ0n) is 9.90. The number of hydrogen-bond acceptors (Lipinski definition) is 1. The first-order chi connectivity index (χ1) is 6.74. The van der Waals surface area contributed by atoms with Crippen molar-refractivity contribution in [1.29, 1.82) is 0 Å². The molecule has 1 heteroatoms. The summed E-state index contributed by atoms with van der Waals surface area (Å²) >= 11 is 0. The second-order valence-electron chi connectivity index (χ2n) is 3.89. The fourth-order valence-electron chi connectivity index (χ4n) is 1.86. The van der Waals surface area contributed by atoms with Crippen molar-refractivity contribution in [3.8, 4) is 11.8 Å². The second kappa shape index (κ2) is 7.88. The first-order valence-corrected chi connectivity index (χ1v) is 5.81. The summed E-state index contributed by atoms with van der Waals surface area (Å²) in [5.41, 5.74) is 0.331. The molecule has 0 aromatic carbocycles. The normalized spacial score (nSPS) is 10.9. The summed E-state index contributed by atoms with van der Waals surface area (Å²) < 4.78 is 0. The van der Waals surface area contributed by atoms with Crippen LogP contribution in [-0.2, 0) is 0 Å². The average molecular weight is 196 g/mol. The van der Waals surface area contributed by atoms with Crippen molar-refractivity contribution in [2.75, 3.05) is 6.61 Å². The van der Waals surface area contributed by atoms with Crippen molar-refractivity contribution in [2.24, 2.45) is 5.41 Å². The van der Waals surface area contributed by atoms with Crippen molar-refractivity contribution in [3.05, 3.63) is 0 Å². The van der Waals surface area contributed by atoms with Gasteiger partial charge < -0.3 is 5.11 Å². The number of aliphatic hydroxyl groups is 1. The second-order valence-corrected chi connectivity index (χ2v) is 3.89. The molecular weight excluding hydrogens is 172 g/mol. The van der Waals surface area contributed by atoms with Gasteiger partial charge in [-0.15, -0.1) is 11.8 Å². The van der Waals surface area contributed by atoms with E-state index in [0.29, 0.717) is 12.0 Å². The van der Waals surface area contributed by atoms with Gasteiger partial charge in [0, 0.05) is 19.4 Å². The maximum atomic E-state index is 9.03. The predicted molar refractivity (Wildman–Crippen MR) is 62.0 cm³/mol. The Morgan fingerprint density at radius 1 is 1.00 bits per heavy atom. The Balaban J connectivity index is 4.06. The third-order valence-electron chi connectivity index (χ3n) is 3.22. The molecule has 1 nitrogen and oxygen atoms in total. The van der Waals surface area contributed by atoms with Crippen LogP contribution in [0.1, 0.15) is 59.3 Å². The molecule has 0 atom stereocenters. The van der Waals surface area contributed by atoms with E-state index in [9.17, 15) is 0 Å². The lowest BCUT2D eigenvalue weighted by molar-refractivity contribution is 0.158. The lowest BCUT2D eigenvalue weighted by Crippen LogP contribution is -2.20. The summed E-state index contributed by atoms with van der Waals surface area (Å²) in [4.78, 5) is 0. The molecule has 0 aliphatic carbocycles. The molecule has 82 valence electrons. The number of rotatable bonds is 6. The summed E-state index contributed by atoms with van der Waals surface area (Å²) in [6.45, 7) is 6.81. The minimum absolute atomic E-state index is 0.308. The Morgan fingerprint density at radius 3 is 2.07 bits per heavy atom. The van der Waals surface area contributed by atoms with E-state index < -0.39 is 0 Å². The molecular formula is C13H24O. The first kappa shape index (κ1) is 13.5. The highest BCUT2D eigenvalue weighted by molar-refractivity contribution is 4.99. The van der Waals surface area contributed by atoms with Crippen molar-refractivity contribution in [1.82, 2.24) is 0 Å². The molecule has 0 heterocycles. The first-order valence-electron chi connectivity index (χ1n) is 5.81. The lowest BCUT2D eigenvalue weighted by atomic mass is 9.76. The van der Waals surface area contributed by atoms with E-state index in [1.54, 1.807) is 0 Å². The van der Waals surface area contributed by atoms with Gasteiger partial charge in [0.25, 0.3) is 0 Å². The van der Waals surface area contributed by atoms with Crippen LogP contribution in [0.2, 0.25) is 0 Å². The van der Waals surface area contributed by atoms with Gasteiger partial charge in [0.15, 0.2) is 0 Å². The van der Waals surface area contributed by atoms with Crippen LogP contribution in [0, 0.1) is 17.3 Å². The Kier molecular flexibility index (Phi) is 7.61. The molecule has 0 unspecified atom stereocenters. The monoisotopic (exact) mass is 196 g/mol. The van der Waals surface area contributed by atoms with E-state index in [0.717, 1.165) is 38.5 Å². The summed E-state index contributed by atoms with van der Waals surface area (Å²) in [6.07, 6.45) is 6.29. The van der Waals surface area contributed by atoms with Crippen LogP contribution in [0.15, 0.2) is 0 Å². The van der Waals surface area contributed by atoms with Crippen molar-refractivity contribution < 1.29 is 5.11 Å². The zero-order chi connectivity index (χ0) is 10.9.